The van der Waals surface area contributed by atoms with E-state index in [1.54, 1.807) is 12.4 Å². The Bertz CT molecular complexity index is 289. The van der Waals surface area contributed by atoms with Crippen molar-refractivity contribution in [2.45, 2.75) is 25.8 Å². The van der Waals surface area contributed by atoms with E-state index in [-0.39, 0.29) is 5.91 Å². The fourth-order valence-electron chi connectivity index (χ4n) is 1.20. The third-order valence-corrected chi connectivity index (χ3v) is 1.97. The molecule has 0 unspecified atom stereocenters. The molecule has 0 bridgehead atoms. The molecule has 0 radical (unpaired) electrons. The van der Waals surface area contributed by atoms with Crippen molar-refractivity contribution in [1.29, 1.82) is 0 Å². The summed E-state index contributed by atoms with van der Waals surface area (Å²) in [5, 5.41) is 3.24. The fraction of sp³-hybridized carbons (Fsp3) is 0.500. The van der Waals surface area contributed by atoms with Crippen LogP contribution in [0.4, 0.5) is 0 Å². The highest BCUT2D eigenvalue weighted by atomic mass is 16.1. The molecule has 5 nitrogen and oxygen atoms in total. The highest BCUT2D eigenvalue weighted by Crippen LogP contribution is 1.94. The van der Waals surface area contributed by atoms with E-state index in [1.807, 2.05) is 0 Å². The molecule has 0 aromatic carbocycles. The summed E-state index contributed by atoms with van der Waals surface area (Å²) in [7, 11) is 0. The summed E-state index contributed by atoms with van der Waals surface area (Å²) in [6.07, 6.45) is 7.34. The van der Waals surface area contributed by atoms with E-state index in [0.29, 0.717) is 6.42 Å². The molecule has 1 rings (SSSR count). The number of nitrogens with two attached hydrogens (primary N) is 1. The molecule has 1 aromatic heterocycles. The molecule has 5 heteroatoms. The minimum absolute atomic E-state index is 0.230. The van der Waals surface area contributed by atoms with Crippen molar-refractivity contribution in [3.05, 3.63) is 24.3 Å². The average Bonchev–Trinajstić information content (AvgIpc) is 2.24. The number of hydrogen-bond donors (Lipinski definition) is 2. The maximum atomic E-state index is 10.4. The molecule has 0 saturated heterocycles. The normalized spacial score (nSPS) is 10.1. The number of aromatic nitrogens is 2. The molecule has 1 heterocycles. The van der Waals surface area contributed by atoms with Gasteiger partial charge >= 0.3 is 0 Å². The number of carbonyl (C=O) groups excluding carboxylic acids is 1. The number of carbonyl (C=O) groups is 1. The molecule has 0 aliphatic rings. The van der Waals surface area contributed by atoms with Gasteiger partial charge in [-0.3, -0.25) is 4.79 Å². The molecule has 0 fully saturated rings. The van der Waals surface area contributed by atoms with E-state index in [4.69, 9.17) is 5.73 Å². The molecular formula is C10H16N4O. The quantitative estimate of drug-likeness (QED) is 0.628. The molecule has 3 N–H and O–H groups in total. The van der Waals surface area contributed by atoms with Gasteiger partial charge in [0.15, 0.2) is 0 Å². The van der Waals surface area contributed by atoms with Crippen molar-refractivity contribution in [2.24, 2.45) is 5.73 Å². The van der Waals surface area contributed by atoms with Crippen LogP contribution in [0.1, 0.15) is 24.8 Å². The predicted octanol–water partition coefficient (Wildman–Crippen LogP) is 0.222. The summed E-state index contributed by atoms with van der Waals surface area (Å²) in [5.41, 5.74) is 6.08. The summed E-state index contributed by atoms with van der Waals surface area (Å²) < 4.78 is 0. The lowest BCUT2D eigenvalue weighted by Gasteiger charge is -2.03. The molecule has 0 spiro atoms. The Morgan fingerprint density at radius 3 is 2.73 bits per heavy atom. The lowest BCUT2D eigenvalue weighted by atomic mass is 10.2. The van der Waals surface area contributed by atoms with Crippen molar-refractivity contribution >= 4 is 5.91 Å². The Labute approximate surface area is 89.1 Å². The van der Waals surface area contributed by atoms with Gasteiger partial charge in [-0.05, 0) is 19.4 Å². The second-order valence-corrected chi connectivity index (χ2v) is 3.35. The number of unbranched alkanes of at least 4 members (excludes halogenated alkanes) is 1. The zero-order valence-electron chi connectivity index (χ0n) is 8.65. The van der Waals surface area contributed by atoms with E-state index in [0.717, 1.165) is 31.5 Å². The Hall–Kier alpha value is -1.49. The van der Waals surface area contributed by atoms with E-state index >= 15 is 0 Å². The standard InChI is InChI=1S/C10H16N4O/c11-10(15)3-1-2-4-12-5-9-6-13-8-14-7-9/h6-8,12H,1-5H2,(H2,11,15). The summed E-state index contributed by atoms with van der Waals surface area (Å²) in [5.74, 6) is -0.230. The predicted molar refractivity (Wildman–Crippen MR) is 56.8 cm³/mol. The zero-order valence-corrected chi connectivity index (χ0v) is 8.65. The van der Waals surface area contributed by atoms with Crippen LogP contribution in [0.3, 0.4) is 0 Å². The van der Waals surface area contributed by atoms with Crippen LogP contribution in [-0.2, 0) is 11.3 Å². The smallest absolute Gasteiger partial charge is 0.217 e. The number of nitrogens with zero attached hydrogens (tertiary/aromatic N) is 2. The Balaban J connectivity index is 2.00. The van der Waals surface area contributed by atoms with Crippen molar-refractivity contribution in [3.63, 3.8) is 0 Å². The molecule has 1 aromatic rings. The van der Waals surface area contributed by atoms with E-state index < -0.39 is 0 Å². The largest absolute Gasteiger partial charge is 0.370 e. The van der Waals surface area contributed by atoms with Crippen LogP contribution < -0.4 is 11.1 Å². The van der Waals surface area contributed by atoms with Gasteiger partial charge in [0.05, 0.1) is 0 Å². The molecule has 0 aliphatic heterocycles. The van der Waals surface area contributed by atoms with Gasteiger partial charge in [-0.1, -0.05) is 0 Å². The summed E-state index contributed by atoms with van der Waals surface area (Å²) in [4.78, 5) is 18.3. The van der Waals surface area contributed by atoms with Crippen LogP contribution in [0.2, 0.25) is 0 Å². The van der Waals surface area contributed by atoms with Crippen LogP contribution in [0.15, 0.2) is 18.7 Å². The lowest BCUT2D eigenvalue weighted by Crippen LogP contribution is -2.16. The van der Waals surface area contributed by atoms with Crippen molar-refractivity contribution in [3.8, 4) is 0 Å². The summed E-state index contributed by atoms with van der Waals surface area (Å²) in [6.45, 7) is 1.64. The van der Waals surface area contributed by atoms with Crippen LogP contribution in [0.25, 0.3) is 0 Å². The first-order valence-corrected chi connectivity index (χ1v) is 5.02. The summed E-state index contributed by atoms with van der Waals surface area (Å²) in [6, 6.07) is 0. The number of nitrogens with one attached hydrogen (secondary N) is 1. The number of amides is 1. The van der Waals surface area contributed by atoms with Crippen LogP contribution >= 0.6 is 0 Å². The number of primary amides is 1. The molecular weight excluding hydrogens is 192 g/mol. The molecule has 82 valence electrons. The van der Waals surface area contributed by atoms with Gasteiger partial charge in [0.1, 0.15) is 6.33 Å². The van der Waals surface area contributed by atoms with E-state index in [9.17, 15) is 4.79 Å². The van der Waals surface area contributed by atoms with Gasteiger partial charge in [-0.15, -0.1) is 0 Å². The first kappa shape index (κ1) is 11.6. The van der Waals surface area contributed by atoms with Crippen molar-refractivity contribution in [1.82, 2.24) is 15.3 Å². The molecule has 1 amide bonds. The highest BCUT2D eigenvalue weighted by Gasteiger charge is 1.95. The molecule has 15 heavy (non-hydrogen) atoms. The van der Waals surface area contributed by atoms with Gasteiger partial charge in [-0.25, -0.2) is 9.97 Å². The SMILES string of the molecule is NC(=O)CCCCNCc1cncnc1. The van der Waals surface area contributed by atoms with Gasteiger partial charge in [0.25, 0.3) is 0 Å². The van der Waals surface area contributed by atoms with Gasteiger partial charge in [0.2, 0.25) is 5.91 Å². The third-order valence-electron chi connectivity index (χ3n) is 1.97. The van der Waals surface area contributed by atoms with E-state index in [1.165, 1.54) is 6.33 Å². The molecule has 0 atom stereocenters. The topological polar surface area (TPSA) is 80.9 Å². The van der Waals surface area contributed by atoms with Crippen LogP contribution in [-0.4, -0.2) is 22.4 Å². The maximum Gasteiger partial charge on any atom is 0.217 e. The van der Waals surface area contributed by atoms with Crippen LogP contribution in [0, 0.1) is 0 Å². The van der Waals surface area contributed by atoms with Gasteiger partial charge in [-0.2, -0.15) is 0 Å². The Morgan fingerprint density at radius 1 is 1.33 bits per heavy atom. The number of rotatable bonds is 7. The maximum absolute atomic E-state index is 10.4. The third kappa shape index (κ3) is 5.74. The second kappa shape index (κ2) is 6.89. The minimum atomic E-state index is -0.230. The average molecular weight is 208 g/mol. The lowest BCUT2D eigenvalue weighted by molar-refractivity contribution is -0.118. The molecule has 0 saturated carbocycles. The van der Waals surface area contributed by atoms with E-state index in [2.05, 4.69) is 15.3 Å². The fourth-order valence-corrected chi connectivity index (χ4v) is 1.20. The van der Waals surface area contributed by atoms with Gasteiger partial charge < -0.3 is 11.1 Å². The van der Waals surface area contributed by atoms with Crippen molar-refractivity contribution in [2.75, 3.05) is 6.54 Å². The van der Waals surface area contributed by atoms with Crippen LogP contribution in [0.5, 0.6) is 0 Å². The Kier molecular flexibility index (Phi) is 5.32. The van der Waals surface area contributed by atoms with Gasteiger partial charge in [0, 0.05) is 30.9 Å². The first-order valence-electron chi connectivity index (χ1n) is 5.02. The Morgan fingerprint density at radius 2 is 2.07 bits per heavy atom. The zero-order chi connectivity index (χ0) is 10.9. The first-order chi connectivity index (χ1) is 7.29. The summed E-state index contributed by atoms with van der Waals surface area (Å²) >= 11 is 0. The highest BCUT2D eigenvalue weighted by molar-refractivity contribution is 5.73. The monoisotopic (exact) mass is 208 g/mol. The second-order valence-electron chi connectivity index (χ2n) is 3.35. The minimum Gasteiger partial charge on any atom is -0.370 e. The number of hydrogen-bond acceptors (Lipinski definition) is 4. The van der Waals surface area contributed by atoms with Crippen molar-refractivity contribution < 1.29 is 4.79 Å². The molecule has 0 aliphatic carbocycles.